The number of benzene rings is 1. The zero-order chi connectivity index (χ0) is 13.4. The van der Waals surface area contributed by atoms with Crippen molar-refractivity contribution in [2.45, 2.75) is 6.42 Å². The number of thioether (sulfide) groups is 1. The largest absolute Gasteiger partial charge is 0.507 e. The summed E-state index contributed by atoms with van der Waals surface area (Å²) in [4.78, 5) is 11.8. The molecule has 0 saturated carbocycles. The first-order valence-corrected chi connectivity index (χ1v) is 7.55. The fraction of sp³-hybridized carbons (Fsp3) is 0.417. The lowest BCUT2D eigenvalue weighted by molar-refractivity contribution is 0.0953. The number of phenolic OH excluding ortho intramolecular Hbond substituents is 1. The van der Waals surface area contributed by atoms with Gasteiger partial charge < -0.3 is 15.5 Å². The third kappa shape index (κ3) is 5.29. The van der Waals surface area contributed by atoms with Gasteiger partial charge in [-0.25, -0.2) is 0 Å². The molecule has 18 heavy (non-hydrogen) atoms. The van der Waals surface area contributed by atoms with E-state index in [2.05, 4.69) is 21.2 Å². The second kappa shape index (κ2) is 8.39. The van der Waals surface area contributed by atoms with Crippen molar-refractivity contribution in [2.75, 3.05) is 24.7 Å². The molecule has 3 N–H and O–H groups in total. The molecule has 6 heteroatoms. The molecule has 0 unspecified atom stereocenters. The van der Waals surface area contributed by atoms with Gasteiger partial charge in [0.1, 0.15) is 5.75 Å². The van der Waals surface area contributed by atoms with E-state index in [1.54, 1.807) is 23.9 Å². The van der Waals surface area contributed by atoms with Crippen molar-refractivity contribution in [1.29, 1.82) is 0 Å². The molecule has 0 fully saturated rings. The van der Waals surface area contributed by atoms with Crippen molar-refractivity contribution >= 4 is 33.6 Å². The summed E-state index contributed by atoms with van der Waals surface area (Å²) < 4.78 is 0.753. The Morgan fingerprint density at radius 2 is 2.17 bits per heavy atom. The van der Waals surface area contributed by atoms with Gasteiger partial charge in [0.2, 0.25) is 0 Å². The fourth-order valence-electron chi connectivity index (χ4n) is 1.29. The van der Waals surface area contributed by atoms with Gasteiger partial charge in [0.05, 0.1) is 5.56 Å². The number of rotatable bonds is 7. The van der Waals surface area contributed by atoms with E-state index in [1.807, 2.05) is 0 Å². The number of aliphatic hydroxyl groups excluding tert-OH is 1. The number of hydrogen-bond acceptors (Lipinski definition) is 4. The molecule has 1 amide bonds. The van der Waals surface area contributed by atoms with Crippen LogP contribution < -0.4 is 5.32 Å². The second-order valence-electron chi connectivity index (χ2n) is 3.61. The molecule has 0 bridgehead atoms. The second-order valence-corrected chi connectivity index (χ2v) is 5.75. The molecule has 0 atom stereocenters. The van der Waals surface area contributed by atoms with Gasteiger partial charge in [-0.1, -0.05) is 15.9 Å². The van der Waals surface area contributed by atoms with Crippen molar-refractivity contribution in [3.63, 3.8) is 0 Å². The van der Waals surface area contributed by atoms with Crippen molar-refractivity contribution in [2.24, 2.45) is 0 Å². The molecule has 0 aliphatic rings. The molecular formula is C12H16BrNO3S. The number of halogens is 1. The van der Waals surface area contributed by atoms with E-state index in [0.29, 0.717) is 6.54 Å². The third-order valence-corrected chi connectivity index (χ3v) is 3.75. The van der Waals surface area contributed by atoms with Crippen LogP contribution in [0.1, 0.15) is 16.8 Å². The number of aromatic hydroxyl groups is 1. The van der Waals surface area contributed by atoms with Crippen LogP contribution in [0.5, 0.6) is 5.75 Å². The van der Waals surface area contributed by atoms with Crippen LogP contribution in [0.15, 0.2) is 22.7 Å². The van der Waals surface area contributed by atoms with Crippen LogP contribution in [0.3, 0.4) is 0 Å². The highest BCUT2D eigenvalue weighted by molar-refractivity contribution is 9.10. The predicted molar refractivity (Wildman–Crippen MR) is 77.2 cm³/mol. The Kier molecular flexibility index (Phi) is 7.15. The van der Waals surface area contributed by atoms with E-state index >= 15 is 0 Å². The van der Waals surface area contributed by atoms with Gasteiger partial charge in [-0.2, -0.15) is 11.8 Å². The molecule has 0 aliphatic heterocycles. The van der Waals surface area contributed by atoms with Crippen molar-refractivity contribution in [3.05, 3.63) is 28.2 Å². The average molecular weight is 334 g/mol. The Bertz CT molecular complexity index is 401. The Morgan fingerprint density at radius 1 is 1.39 bits per heavy atom. The van der Waals surface area contributed by atoms with Gasteiger partial charge in [0.25, 0.3) is 5.91 Å². The van der Waals surface area contributed by atoms with Gasteiger partial charge in [-0.05, 0) is 30.4 Å². The lowest BCUT2D eigenvalue weighted by Crippen LogP contribution is -2.25. The standard InChI is InChI=1S/C12H16BrNO3S/c13-9-2-3-11(16)10(8-9)12(17)14-4-7-18-6-1-5-15/h2-3,8,15-16H,1,4-7H2,(H,14,17). The number of hydrogen-bond donors (Lipinski definition) is 3. The summed E-state index contributed by atoms with van der Waals surface area (Å²) in [5.41, 5.74) is 0.268. The molecule has 0 spiro atoms. The number of amides is 1. The maximum atomic E-state index is 11.8. The molecule has 0 saturated heterocycles. The van der Waals surface area contributed by atoms with Gasteiger partial charge in [-0.3, -0.25) is 4.79 Å². The van der Waals surface area contributed by atoms with Crippen LogP contribution >= 0.6 is 27.7 Å². The molecule has 0 aromatic heterocycles. The number of nitrogens with one attached hydrogen (secondary N) is 1. The smallest absolute Gasteiger partial charge is 0.255 e. The van der Waals surface area contributed by atoms with Crippen LogP contribution in [0.4, 0.5) is 0 Å². The van der Waals surface area contributed by atoms with Gasteiger partial charge >= 0.3 is 0 Å². The molecule has 100 valence electrons. The van der Waals surface area contributed by atoms with E-state index in [0.717, 1.165) is 22.4 Å². The normalized spacial score (nSPS) is 10.3. The van der Waals surface area contributed by atoms with Crippen molar-refractivity contribution in [1.82, 2.24) is 5.32 Å². The molecule has 1 aromatic rings. The number of carbonyl (C=O) groups excluding carboxylic acids is 1. The average Bonchev–Trinajstić information content (AvgIpc) is 2.36. The van der Waals surface area contributed by atoms with Crippen molar-refractivity contribution < 1.29 is 15.0 Å². The lowest BCUT2D eigenvalue weighted by Gasteiger charge is -2.07. The first-order valence-electron chi connectivity index (χ1n) is 5.60. The monoisotopic (exact) mass is 333 g/mol. The maximum absolute atomic E-state index is 11.8. The Hall–Kier alpha value is -0.720. The molecule has 0 radical (unpaired) electrons. The number of phenols is 1. The van der Waals surface area contributed by atoms with E-state index in [4.69, 9.17) is 5.11 Å². The highest BCUT2D eigenvalue weighted by Crippen LogP contribution is 2.21. The molecular weight excluding hydrogens is 318 g/mol. The lowest BCUT2D eigenvalue weighted by atomic mass is 10.2. The fourth-order valence-corrected chi connectivity index (χ4v) is 2.44. The first kappa shape index (κ1) is 15.3. The Morgan fingerprint density at radius 3 is 2.89 bits per heavy atom. The summed E-state index contributed by atoms with van der Waals surface area (Å²) in [6.07, 6.45) is 0.769. The summed E-state index contributed by atoms with van der Waals surface area (Å²) in [6.45, 7) is 0.742. The van der Waals surface area contributed by atoms with Gasteiger partial charge in [0.15, 0.2) is 0 Å². The van der Waals surface area contributed by atoms with Crippen LogP contribution in [0.25, 0.3) is 0 Å². The number of carbonyl (C=O) groups is 1. The minimum atomic E-state index is -0.281. The summed E-state index contributed by atoms with van der Waals surface area (Å²) >= 11 is 4.93. The Balaban J connectivity index is 2.34. The summed E-state index contributed by atoms with van der Waals surface area (Å²) in [7, 11) is 0. The minimum Gasteiger partial charge on any atom is -0.507 e. The summed E-state index contributed by atoms with van der Waals surface area (Å²) in [5.74, 6) is 1.37. The molecule has 0 aliphatic carbocycles. The van der Waals surface area contributed by atoms with E-state index < -0.39 is 0 Å². The zero-order valence-corrected chi connectivity index (χ0v) is 12.3. The molecule has 1 rings (SSSR count). The van der Waals surface area contributed by atoms with Crippen LogP contribution in [0, 0.1) is 0 Å². The van der Waals surface area contributed by atoms with E-state index in [9.17, 15) is 9.90 Å². The van der Waals surface area contributed by atoms with Crippen LogP contribution in [0.2, 0.25) is 0 Å². The van der Waals surface area contributed by atoms with E-state index in [-0.39, 0.29) is 23.8 Å². The highest BCUT2D eigenvalue weighted by Gasteiger charge is 2.10. The first-order chi connectivity index (χ1) is 8.65. The van der Waals surface area contributed by atoms with Crippen LogP contribution in [-0.2, 0) is 0 Å². The van der Waals surface area contributed by atoms with E-state index in [1.165, 1.54) is 6.07 Å². The summed E-state index contributed by atoms with van der Waals surface area (Å²) in [6, 6.07) is 4.75. The Labute approximate surface area is 119 Å². The zero-order valence-electron chi connectivity index (χ0n) is 9.86. The topological polar surface area (TPSA) is 69.6 Å². The summed E-state index contributed by atoms with van der Waals surface area (Å²) in [5, 5.41) is 20.9. The van der Waals surface area contributed by atoms with Crippen molar-refractivity contribution in [3.8, 4) is 5.75 Å². The molecule has 1 aromatic carbocycles. The quantitative estimate of drug-likeness (QED) is 0.667. The molecule has 0 heterocycles. The predicted octanol–water partition coefficient (Wildman–Crippen LogP) is 2.00. The van der Waals surface area contributed by atoms with Gasteiger partial charge in [-0.15, -0.1) is 0 Å². The SMILES string of the molecule is O=C(NCCSCCCO)c1cc(Br)ccc1O. The minimum absolute atomic E-state index is 0.0244. The third-order valence-electron chi connectivity index (χ3n) is 2.18. The molecule has 4 nitrogen and oxygen atoms in total. The number of aliphatic hydroxyl groups is 1. The van der Waals surface area contributed by atoms with Gasteiger partial charge in [0, 0.05) is 23.4 Å². The highest BCUT2D eigenvalue weighted by atomic mass is 79.9. The van der Waals surface area contributed by atoms with Crippen LogP contribution in [-0.4, -0.2) is 40.8 Å². The maximum Gasteiger partial charge on any atom is 0.255 e.